The van der Waals surface area contributed by atoms with Crippen LogP contribution in [-0.2, 0) is 22.4 Å². The van der Waals surface area contributed by atoms with E-state index in [0.717, 1.165) is 11.1 Å². The first kappa shape index (κ1) is 24.2. The number of hydrogen-bond donors (Lipinski definition) is 5. The third-order valence-corrected chi connectivity index (χ3v) is 5.31. The maximum Gasteiger partial charge on any atom is 0.480 e. The van der Waals surface area contributed by atoms with Crippen LogP contribution in [0.25, 0.3) is 0 Å². The highest BCUT2D eigenvalue weighted by Crippen LogP contribution is 2.15. The van der Waals surface area contributed by atoms with Crippen molar-refractivity contribution < 1.29 is 19.6 Å². The number of nitrogens with one attached hydrogen (secondary N) is 2. The second-order valence-corrected chi connectivity index (χ2v) is 7.86. The standard InChI is InChI=1S/C25H28BN3O4/c27-21(16-18-10-4-1-5-11-18)24(30)28-22(17-19-12-6-2-7-13-19)25(31)29-23(26(32)33)20-14-8-3-9-15-20/h1-15,21-23,32-33H,16-17,27H2,(H,28,30)(H,29,31)/t21-,22-,23-/m0/s1. The molecule has 0 bridgehead atoms. The Hall–Kier alpha value is -3.46. The van der Waals surface area contributed by atoms with Gasteiger partial charge < -0.3 is 26.4 Å². The molecule has 3 rings (SSSR count). The van der Waals surface area contributed by atoms with E-state index in [4.69, 9.17) is 5.73 Å². The molecule has 2 amide bonds. The highest BCUT2D eigenvalue weighted by atomic mass is 16.4. The van der Waals surface area contributed by atoms with Crippen molar-refractivity contribution in [3.8, 4) is 0 Å². The van der Waals surface area contributed by atoms with Crippen molar-refractivity contribution in [3.63, 3.8) is 0 Å². The number of hydrogen-bond acceptors (Lipinski definition) is 5. The second kappa shape index (κ2) is 12.0. The summed E-state index contributed by atoms with van der Waals surface area (Å²) in [6.45, 7) is 0. The molecule has 0 fully saturated rings. The summed E-state index contributed by atoms with van der Waals surface area (Å²) in [5.41, 5.74) is 8.40. The van der Waals surface area contributed by atoms with Crippen molar-refractivity contribution in [2.75, 3.05) is 0 Å². The van der Waals surface area contributed by atoms with Gasteiger partial charge in [-0.15, -0.1) is 0 Å². The van der Waals surface area contributed by atoms with Gasteiger partial charge in [-0.1, -0.05) is 91.0 Å². The number of carbonyl (C=O) groups excluding carboxylic acids is 2. The maximum absolute atomic E-state index is 13.2. The Balaban J connectivity index is 1.75. The molecule has 0 spiro atoms. The van der Waals surface area contributed by atoms with Gasteiger partial charge >= 0.3 is 7.12 Å². The van der Waals surface area contributed by atoms with Gasteiger partial charge in [0.05, 0.1) is 12.0 Å². The fourth-order valence-electron chi connectivity index (χ4n) is 3.54. The number of amides is 2. The van der Waals surface area contributed by atoms with Crippen molar-refractivity contribution in [1.29, 1.82) is 0 Å². The molecule has 6 N–H and O–H groups in total. The van der Waals surface area contributed by atoms with Crippen LogP contribution in [0.1, 0.15) is 22.6 Å². The first-order valence-corrected chi connectivity index (χ1v) is 10.8. The molecule has 3 aromatic rings. The predicted molar refractivity (Wildman–Crippen MR) is 128 cm³/mol. The first-order valence-electron chi connectivity index (χ1n) is 10.8. The lowest BCUT2D eigenvalue weighted by Gasteiger charge is -2.24. The Morgan fingerprint density at radius 3 is 1.73 bits per heavy atom. The van der Waals surface area contributed by atoms with Gasteiger partial charge in [0, 0.05) is 6.42 Å². The van der Waals surface area contributed by atoms with Crippen LogP contribution in [0.15, 0.2) is 91.0 Å². The van der Waals surface area contributed by atoms with E-state index < -0.39 is 37.0 Å². The molecule has 0 aromatic heterocycles. The summed E-state index contributed by atoms with van der Waals surface area (Å²) in [4.78, 5) is 26.0. The lowest BCUT2D eigenvalue weighted by molar-refractivity contribution is -0.129. The van der Waals surface area contributed by atoms with Gasteiger partial charge in [0.15, 0.2) is 0 Å². The zero-order chi connectivity index (χ0) is 23.6. The van der Waals surface area contributed by atoms with Gasteiger partial charge in [0.2, 0.25) is 11.8 Å². The molecule has 7 nitrogen and oxygen atoms in total. The highest BCUT2D eigenvalue weighted by Gasteiger charge is 2.31. The fraction of sp³-hybridized carbons (Fsp3) is 0.200. The molecule has 0 aliphatic rings. The Bertz CT molecular complexity index is 1020. The van der Waals surface area contributed by atoms with E-state index in [1.54, 1.807) is 30.3 Å². The molecule has 0 saturated heterocycles. The van der Waals surface area contributed by atoms with E-state index in [-0.39, 0.29) is 6.42 Å². The minimum atomic E-state index is -1.82. The van der Waals surface area contributed by atoms with Crippen LogP contribution in [0, 0.1) is 0 Å². The molecule has 33 heavy (non-hydrogen) atoms. The average Bonchev–Trinajstić information content (AvgIpc) is 2.83. The molecule has 0 aliphatic heterocycles. The Kier molecular flexibility index (Phi) is 8.77. The van der Waals surface area contributed by atoms with Gasteiger partial charge in [-0.05, 0) is 23.1 Å². The summed E-state index contributed by atoms with van der Waals surface area (Å²) in [6.07, 6.45) is 0.549. The Labute approximate surface area is 193 Å². The van der Waals surface area contributed by atoms with Gasteiger partial charge in [-0.3, -0.25) is 9.59 Å². The molecule has 3 atom stereocenters. The summed E-state index contributed by atoms with van der Waals surface area (Å²) >= 11 is 0. The largest absolute Gasteiger partial charge is 0.480 e. The normalized spacial score (nSPS) is 13.4. The predicted octanol–water partition coefficient (Wildman–Crippen LogP) is 1.15. The lowest BCUT2D eigenvalue weighted by atomic mass is 9.75. The van der Waals surface area contributed by atoms with Gasteiger partial charge in [0.25, 0.3) is 0 Å². The van der Waals surface area contributed by atoms with Crippen LogP contribution in [0.2, 0.25) is 0 Å². The van der Waals surface area contributed by atoms with Crippen molar-refractivity contribution in [2.45, 2.75) is 30.9 Å². The highest BCUT2D eigenvalue weighted by molar-refractivity contribution is 6.43. The molecule has 3 aromatic carbocycles. The van der Waals surface area contributed by atoms with Crippen molar-refractivity contribution >= 4 is 18.9 Å². The molecule has 8 heteroatoms. The van der Waals surface area contributed by atoms with Crippen LogP contribution < -0.4 is 16.4 Å². The first-order chi connectivity index (χ1) is 15.9. The molecule has 0 heterocycles. The lowest BCUT2D eigenvalue weighted by Crippen LogP contribution is -2.54. The molecule has 0 saturated carbocycles. The van der Waals surface area contributed by atoms with Crippen LogP contribution >= 0.6 is 0 Å². The summed E-state index contributed by atoms with van der Waals surface area (Å²) in [5.74, 6) is -2.05. The molecular formula is C25H28BN3O4. The van der Waals surface area contributed by atoms with Crippen LogP contribution in [-0.4, -0.2) is 41.1 Å². The summed E-state index contributed by atoms with van der Waals surface area (Å²) in [6, 6.07) is 25.5. The second-order valence-electron chi connectivity index (χ2n) is 7.86. The Morgan fingerprint density at radius 1 is 0.727 bits per heavy atom. The SMILES string of the molecule is N[C@@H](Cc1ccccc1)C(=O)N[C@@H](Cc1ccccc1)C(=O)N[C@H](B(O)O)c1ccccc1. The number of benzene rings is 3. The van der Waals surface area contributed by atoms with E-state index in [1.807, 2.05) is 60.7 Å². The smallest absolute Gasteiger partial charge is 0.426 e. The van der Waals surface area contributed by atoms with Crippen LogP contribution in [0.3, 0.4) is 0 Å². The van der Waals surface area contributed by atoms with E-state index >= 15 is 0 Å². The molecule has 0 aliphatic carbocycles. The molecule has 0 radical (unpaired) electrons. The maximum atomic E-state index is 13.2. The zero-order valence-electron chi connectivity index (χ0n) is 18.2. The van der Waals surface area contributed by atoms with Crippen molar-refractivity contribution in [2.24, 2.45) is 5.73 Å². The van der Waals surface area contributed by atoms with Crippen LogP contribution in [0.5, 0.6) is 0 Å². The van der Waals surface area contributed by atoms with E-state index in [1.165, 1.54) is 0 Å². The van der Waals surface area contributed by atoms with Crippen molar-refractivity contribution in [1.82, 2.24) is 10.6 Å². The summed E-state index contributed by atoms with van der Waals surface area (Å²) in [7, 11) is -1.82. The number of carbonyl (C=O) groups is 2. The quantitative estimate of drug-likeness (QED) is 0.300. The van der Waals surface area contributed by atoms with E-state index in [2.05, 4.69) is 10.6 Å². The van der Waals surface area contributed by atoms with Gasteiger partial charge in [-0.25, -0.2) is 0 Å². The third kappa shape index (κ3) is 7.29. The number of nitrogens with two attached hydrogens (primary N) is 1. The molecule has 0 unspecified atom stereocenters. The topological polar surface area (TPSA) is 125 Å². The van der Waals surface area contributed by atoms with E-state index in [9.17, 15) is 19.6 Å². The average molecular weight is 445 g/mol. The van der Waals surface area contributed by atoms with E-state index in [0.29, 0.717) is 12.0 Å². The zero-order valence-corrected chi connectivity index (χ0v) is 18.2. The third-order valence-electron chi connectivity index (χ3n) is 5.31. The van der Waals surface area contributed by atoms with Crippen molar-refractivity contribution in [3.05, 3.63) is 108 Å². The Morgan fingerprint density at radius 2 is 1.21 bits per heavy atom. The van der Waals surface area contributed by atoms with Gasteiger partial charge in [-0.2, -0.15) is 0 Å². The fourth-order valence-corrected chi connectivity index (χ4v) is 3.54. The monoisotopic (exact) mass is 445 g/mol. The molecule has 170 valence electrons. The summed E-state index contributed by atoms with van der Waals surface area (Å²) in [5, 5.41) is 25.1. The molecular weight excluding hydrogens is 417 g/mol. The summed E-state index contributed by atoms with van der Waals surface area (Å²) < 4.78 is 0. The van der Waals surface area contributed by atoms with Crippen LogP contribution in [0.4, 0.5) is 0 Å². The minimum absolute atomic E-state index is 0.222. The minimum Gasteiger partial charge on any atom is -0.426 e. The van der Waals surface area contributed by atoms with Gasteiger partial charge in [0.1, 0.15) is 6.04 Å². The number of rotatable bonds is 10.